The normalized spacial score (nSPS) is 17.5. The van der Waals surface area contributed by atoms with Gasteiger partial charge in [-0.2, -0.15) is 4.98 Å². The summed E-state index contributed by atoms with van der Waals surface area (Å²) < 4.78 is 13.1. The average Bonchev–Trinajstić information content (AvgIpc) is 3.49. The molecule has 2 aliphatic heterocycles. The number of aromatic nitrogens is 5. The Kier molecular flexibility index (Phi) is 5.25. The van der Waals surface area contributed by atoms with Crippen LogP contribution in [0.2, 0.25) is 0 Å². The van der Waals surface area contributed by atoms with Crippen molar-refractivity contribution in [1.82, 2.24) is 29.9 Å². The van der Waals surface area contributed by atoms with Crippen molar-refractivity contribution >= 4 is 23.2 Å². The summed E-state index contributed by atoms with van der Waals surface area (Å²) >= 11 is 0. The van der Waals surface area contributed by atoms with Gasteiger partial charge in [0, 0.05) is 48.4 Å². The van der Waals surface area contributed by atoms with Gasteiger partial charge in [-0.15, -0.1) is 5.10 Å². The highest BCUT2D eigenvalue weighted by Gasteiger charge is 2.34. The molecule has 0 N–H and O–H groups in total. The summed E-state index contributed by atoms with van der Waals surface area (Å²) in [5, 5.41) is 8.56. The minimum Gasteiger partial charge on any atom is -0.422 e. The molecule has 0 bridgehead atoms. The number of pyridine rings is 1. The van der Waals surface area contributed by atoms with Gasteiger partial charge >= 0.3 is 0 Å². The van der Waals surface area contributed by atoms with Gasteiger partial charge in [0.2, 0.25) is 5.65 Å². The van der Waals surface area contributed by atoms with Gasteiger partial charge in [-0.25, -0.2) is 4.98 Å². The predicted molar refractivity (Wildman–Crippen MR) is 129 cm³/mol. The van der Waals surface area contributed by atoms with Crippen LogP contribution in [0.5, 0.6) is 0 Å². The maximum Gasteiger partial charge on any atom is 0.300 e. The Hall–Kier alpha value is -3.79. The number of fused-ring (bicyclic) bond motifs is 1. The third-order valence-corrected chi connectivity index (χ3v) is 6.63. The molecule has 0 radical (unpaired) electrons. The summed E-state index contributed by atoms with van der Waals surface area (Å²) in [4.78, 5) is 25.9. The summed E-state index contributed by atoms with van der Waals surface area (Å²) in [5.41, 5.74) is 4.72. The van der Waals surface area contributed by atoms with Crippen LogP contribution in [0.1, 0.15) is 23.0 Å². The quantitative estimate of drug-likeness (QED) is 0.436. The van der Waals surface area contributed by atoms with E-state index in [-0.39, 0.29) is 11.3 Å². The Labute approximate surface area is 202 Å². The number of hydrogen-bond acceptors (Lipinski definition) is 8. The lowest BCUT2D eigenvalue weighted by Gasteiger charge is -2.37. The van der Waals surface area contributed by atoms with Crippen molar-refractivity contribution in [2.75, 3.05) is 44.3 Å². The van der Waals surface area contributed by atoms with E-state index in [0.717, 1.165) is 36.7 Å². The molecule has 2 aliphatic rings. The monoisotopic (exact) mass is 473 g/mol. The zero-order valence-electron chi connectivity index (χ0n) is 19.8. The molecular weight excluding hydrogens is 446 g/mol. The number of aryl methyl sites for hydroxylation is 1. The molecule has 0 unspecified atom stereocenters. The molecular formula is C25H27N7O3. The standard InChI is InChI=1S/C25H27N7O3/c1-17-3-8-21-22(26-17)27-24(35-21)31-11-9-30(10-12-31)23(33)19-6-4-18(5-7-19)20-13-32(29-28-20)14-25(2)15-34-16-25/h3-8,13H,9-12,14-16H2,1-2H3. The number of nitrogens with zero attached hydrogens (tertiary/aromatic N) is 7. The molecule has 2 fully saturated rings. The smallest absolute Gasteiger partial charge is 0.300 e. The van der Waals surface area contributed by atoms with E-state index >= 15 is 0 Å². The first-order chi connectivity index (χ1) is 17.0. The fraction of sp³-hybridized carbons (Fsp3) is 0.400. The summed E-state index contributed by atoms with van der Waals surface area (Å²) in [6, 6.07) is 11.9. The van der Waals surface area contributed by atoms with Crippen LogP contribution in [0, 0.1) is 12.3 Å². The van der Waals surface area contributed by atoms with E-state index < -0.39 is 0 Å². The first-order valence-corrected chi connectivity index (χ1v) is 11.8. The average molecular weight is 474 g/mol. The molecule has 1 amide bonds. The van der Waals surface area contributed by atoms with Crippen LogP contribution >= 0.6 is 0 Å². The Bertz CT molecular complexity index is 1370. The van der Waals surface area contributed by atoms with Crippen LogP contribution < -0.4 is 4.90 Å². The number of anilines is 1. The van der Waals surface area contributed by atoms with Crippen LogP contribution in [-0.2, 0) is 11.3 Å². The molecule has 0 atom stereocenters. The fourth-order valence-electron chi connectivity index (χ4n) is 4.54. The lowest BCUT2D eigenvalue weighted by Crippen LogP contribution is -2.48. The van der Waals surface area contributed by atoms with Gasteiger partial charge in [0.15, 0.2) is 5.58 Å². The minimum atomic E-state index is 0.0209. The summed E-state index contributed by atoms with van der Waals surface area (Å²) in [6.45, 7) is 8.90. The summed E-state index contributed by atoms with van der Waals surface area (Å²) in [7, 11) is 0. The van der Waals surface area contributed by atoms with Gasteiger partial charge in [-0.1, -0.05) is 24.3 Å². The summed E-state index contributed by atoms with van der Waals surface area (Å²) in [5.74, 6) is 0.0209. The molecule has 1 aromatic carbocycles. The first-order valence-electron chi connectivity index (χ1n) is 11.8. The number of carbonyl (C=O) groups is 1. The number of amides is 1. The maximum atomic E-state index is 13.1. The number of hydrogen-bond donors (Lipinski definition) is 0. The van der Waals surface area contributed by atoms with Crippen molar-refractivity contribution < 1.29 is 13.9 Å². The highest BCUT2D eigenvalue weighted by molar-refractivity contribution is 5.94. The largest absolute Gasteiger partial charge is 0.422 e. The van der Waals surface area contributed by atoms with Gasteiger partial charge in [0.05, 0.1) is 26.0 Å². The van der Waals surface area contributed by atoms with E-state index in [1.807, 2.05) is 59.1 Å². The van der Waals surface area contributed by atoms with Crippen molar-refractivity contribution in [2.24, 2.45) is 5.41 Å². The lowest BCUT2D eigenvalue weighted by molar-refractivity contribution is -0.111. The number of ether oxygens (including phenoxy) is 1. The number of rotatable bonds is 5. The Morgan fingerprint density at radius 3 is 2.51 bits per heavy atom. The zero-order chi connectivity index (χ0) is 24.0. The molecule has 4 aromatic rings. The maximum absolute atomic E-state index is 13.1. The van der Waals surface area contributed by atoms with E-state index in [9.17, 15) is 4.79 Å². The second-order valence-corrected chi connectivity index (χ2v) is 9.73. The van der Waals surface area contributed by atoms with Crippen molar-refractivity contribution in [3.8, 4) is 11.3 Å². The molecule has 3 aromatic heterocycles. The van der Waals surface area contributed by atoms with Crippen LogP contribution in [-0.4, -0.2) is 75.2 Å². The van der Waals surface area contributed by atoms with Crippen LogP contribution in [0.4, 0.5) is 6.01 Å². The van der Waals surface area contributed by atoms with E-state index in [0.29, 0.717) is 49.0 Å². The number of oxazole rings is 1. The van der Waals surface area contributed by atoms with Gasteiger partial charge in [0.25, 0.3) is 11.9 Å². The molecule has 10 nitrogen and oxygen atoms in total. The fourth-order valence-corrected chi connectivity index (χ4v) is 4.54. The summed E-state index contributed by atoms with van der Waals surface area (Å²) in [6.07, 6.45) is 1.95. The minimum absolute atomic E-state index is 0.0209. The molecule has 35 heavy (non-hydrogen) atoms. The number of benzene rings is 1. The molecule has 6 rings (SSSR count). The molecule has 0 aliphatic carbocycles. The zero-order valence-corrected chi connectivity index (χ0v) is 19.8. The second-order valence-electron chi connectivity index (χ2n) is 9.73. The Morgan fingerprint density at radius 2 is 1.80 bits per heavy atom. The molecule has 180 valence electrons. The van der Waals surface area contributed by atoms with Crippen LogP contribution in [0.15, 0.2) is 47.0 Å². The van der Waals surface area contributed by atoms with Crippen molar-refractivity contribution in [1.29, 1.82) is 0 Å². The molecule has 0 saturated carbocycles. The highest BCUT2D eigenvalue weighted by Crippen LogP contribution is 2.29. The third-order valence-electron chi connectivity index (χ3n) is 6.63. The van der Waals surface area contributed by atoms with Crippen LogP contribution in [0.25, 0.3) is 22.5 Å². The lowest BCUT2D eigenvalue weighted by atomic mass is 9.89. The van der Waals surface area contributed by atoms with E-state index in [1.165, 1.54) is 0 Å². The molecule has 5 heterocycles. The van der Waals surface area contributed by atoms with E-state index in [4.69, 9.17) is 9.15 Å². The van der Waals surface area contributed by atoms with Gasteiger partial charge < -0.3 is 19.0 Å². The van der Waals surface area contributed by atoms with Crippen molar-refractivity contribution in [3.63, 3.8) is 0 Å². The van der Waals surface area contributed by atoms with Crippen molar-refractivity contribution in [3.05, 3.63) is 53.9 Å². The third kappa shape index (κ3) is 4.25. The molecule has 0 spiro atoms. The van der Waals surface area contributed by atoms with Gasteiger partial charge in [-0.3, -0.25) is 9.48 Å². The second kappa shape index (κ2) is 8.46. The van der Waals surface area contributed by atoms with Crippen molar-refractivity contribution in [2.45, 2.75) is 20.4 Å². The van der Waals surface area contributed by atoms with E-state index in [1.54, 1.807) is 0 Å². The predicted octanol–water partition coefficient (Wildman–Crippen LogP) is 2.79. The Balaban J connectivity index is 1.08. The van der Waals surface area contributed by atoms with Gasteiger partial charge in [-0.05, 0) is 31.2 Å². The highest BCUT2D eigenvalue weighted by atomic mass is 16.5. The van der Waals surface area contributed by atoms with Crippen LogP contribution in [0.3, 0.4) is 0 Å². The number of carbonyl (C=O) groups excluding carboxylic acids is 1. The first kappa shape index (κ1) is 21.7. The van der Waals surface area contributed by atoms with Gasteiger partial charge in [0.1, 0.15) is 5.69 Å². The molecule has 10 heteroatoms. The topological polar surface area (TPSA) is 102 Å². The molecule has 2 saturated heterocycles. The van der Waals surface area contributed by atoms with E-state index in [2.05, 4.69) is 32.1 Å². The number of piperazine rings is 1. The SMILES string of the molecule is Cc1ccc2oc(N3CCN(C(=O)c4ccc(-c5cn(CC6(C)COC6)nn5)cc4)CC3)nc2n1. The Morgan fingerprint density at radius 1 is 1.03 bits per heavy atom.